The molecule has 1 saturated carbocycles. The van der Waals surface area contributed by atoms with Gasteiger partial charge in [-0.25, -0.2) is 0 Å². The van der Waals surface area contributed by atoms with Crippen LogP contribution < -0.4 is 4.74 Å². The van der Waals surface area contributed by atoms with Crippen molar-refractivity contribution in [2.45, 2.75) is 52.4 Å². The van der Waals surface area contributed by atoms with Crippen molar-refractivity contribution in [3.63, 3.8) is 0 Å². The molecule has 1 fully saturated rings. The molecule has 3 heteroatoms. The van der Waals surface area contributed by atoms with Gasteiger partial charge in [0, 0.05) is 21.2 Å². The number of aryl methyl sites for hydroxylation is 1. The summed E-state index contributed by atoms with van der Waals surface area (Å²) in [5.41, 5.74) is 6.77. The first-order valence-electron chi connectivity index (χ1n) is 8.41. The maximum absolute atomic E-state index is 5.36. The molecule has 0 bridgehead atoms. The fourth-order valence-electron chi connectivity index (χ4n) is 4.22. The van der Waals surface area contributed by atoms with Crippen molar-refractivity contribution in [2.75, 3.05) is 7.11 Å². The second-order valence-corrected chi connectivity index (χ2v) is 8.99. The van der Waals surface area contributed by atoms with Crippen LogP contribution in [0, 0.1) is 5.41 Å². The highest BCUT2D eigenvalue weighted by molar-refractivity contribution is 14.2. The number of ether oxygens (including phenoxy) is 1. The van der Waals surface area contributed by atoms with Crippen molar-refractivity contribution in [1.29, 1.82) is 0 Å². The largest absolute Gasteiger partial charge is 0.497 e. The van der Waals surface area contributed by atoms with E-state index in [2.05, 4.69) is 53.3 Å². The Kier molecular flexibility index (Phi) is 5.46. The van der Waals surface area contributed by atoms with Crippen molar-refractivity contribution >= 4 is 30.1 Å². The first-order valence-corrected chi connectivity index (χ1v) is 11.8. The van der Waals surface area contributed by atoms with Crippen LogP contribution in [0.1, 0.15) is 51.5 Å². The Balaban J connectivity index is 1.86. The molecule has 0 N–H and O–H groups in total. The van der Waals surface area contributed by atoms with Crippen molar-refractivity contribution < 1.29 is 4.74 Å². The summed E-state index contributed by atoms with van der Waals surface area (Å²) < 4.78 is 5.36. The molecule has 0 radical (unpaired) electrons. The normalized spacial score (nSPS) is 24.2. The summed E-state index contributed by atoms with van der Waals surface area (Å²) in [6.07, 6.45) is 7.54. The smallest absolute Gasteiger partial charge is 0.119 e. The molecule has 0 aromatic heterocycles. The van der Waals surface area contributed by atoms with Crippen molar-refractivity contribution in [2.24, 2.45) is 5.41 Å². The zero-order valence-electron chi connectivity index (χ0n) is 14.2. The minimum absolute atomic E-state index is 0.427. The van der Waals surface area contributed by atoms with Gasteiger partial charge in [-0.15, -0.1) is 0 Å². The van der Waals surface area contributed by atoms with E-state index >= 15 is 0 Å². The molecule has 1 aromatic rings. The van der Waals surface area contributed by atoms with Crippen LogP contribution in [0.4, 0.5) is 0 Å². The molecule has 2 aliphatic carbocycles. The molecule has 124 valence electrons. The molecule has 2 aliphatic rings. The molecular weight excluding hydrogens is 415 g/mol. The van der Waals surface area contributed by atoms with Crippen LogP contribution >= 0.6 is 30.1 Å². The second-order valence-electron chi connectivity index (χ2n) is 7.02. The zero-order chi connectivity index (χ0) is 16.4. The third-order valence-corrected chi connectivity index (χ3v) is 7.79. The lowest BCUT2D eigenvalue weighted by Crippen LogP contribution is -2.21. The molecule has 0 heterocycles. The Morgan fingerprint density at radius 1 is 1.30 bits per heavy atom. The number of fused-ring (bicyclic) bond motifs is 1. The lowest BCUT2D eigenvalue weighted by molar-refractivity contribution is 0.402. The summed E-state index contributed by atoms with van der Waals surface area (Å²) in [6, 6.07) is 8.52. The molecule has 1 aromatic carbocycles. The van der Waals surface area contributed by atoms with E-state index in [0.717, 1.165) is 18.6 Å². The Bertz CT molecular complexity index is 661. The molecule has 0 saturated heterocycles. The predicted octanol–water partition coefficient (Wildman–Crippen LogP) is 6.88. The number of benzene rings is 1. The lowest BCUT2D eigenvalue weighted by atomic mass is 9.72. The van der Waals surface area contributed by atoms with Gasteiger partial charge in [-0.1, -0.05) is 33.6 Å². The van der Waals surface area contributed by atoms with Crippen molar-refractivity contribution in [1.82, 2.24) is 0 Å². The van der Waals surface area contributed by atoms with Crippen LogP contribution in [0.5, 0.6) is 5.75 Å². The lowest BCUT2D eigenvalue weighted by Gasteiger charge is -2.35. The number of rotatable bonds is 5. The van der Waals surface area contributed by atoms with Gasteiger partial charge in [0.2, 0.25) is 0 Å². The quantitative estimate of drug-likeness (QED) is 0.462. The van der Waals surface area contributed by atoms with Crippen LogP contribution in [-0.4, -0.2) is 7.11 Å². The van der Waals surface area contributed by atoms with E-state index in [1.54, 1.807) is 28.7 Å². The summed E-state index contributed by atoms with van der Waals surface area (Å²) in [5, 5.41) is 0. The van der Waals surface area contributed by atoms with Gasteiger partial charge in [0.25, 0.3) is 0 Å². The van der Waals surface area contributed by atoms with Crippen molar-refractivity contribution in [3.8, 4) is 5.75 Å². The third kappa shape index (κ3) is 3.51. The Morgan fingerprint density at radius 2 is 2.13 bits per heavy atom. The SMILES string of the molecule is COc1cccc(CCC2=C3CCCC3(C)CC(SI)=C2C)c1. The van der Waals surface area contributed by atoms with Gasteiger partial charge in [-0.05, 0) is 84.6 Å². The summed E-state index contributed by atoms with van der Waals surface area (Å²) >= 11 is 2.46. The Morgan fingerprint density at radius 3 is 2.87 bits per heavy atom. The van der Waals surface area contributed by atoms with Gasteiger partial charge >= 0.3 is 0 Å². The number of allylic oxidation sites excluding steroid dienone is 4. The fourth-order valence-corrected chi connectivity index (χ4v) is 6.29. The van der Waals surface area contributed by atoms with Crippen LogP contribution in [-0.2, 0) is 6.42 Å². The van der Waals surface area contributed by atoms with Crippen molar-refractivity contribution in [3.05, 3.63) is 51.5 Å². The molecule has 0 amide bonds. The summed E-state index contributed by atoms with van der Waals surface area (Å²) in [7, 11) is 3.67. The summed E-state index contributed by atoms with van der Waals surface area (Å²) in [4.78, 5) is 1.60. The zero-order valence-corrected chi connectivity index (χ0v) is 17.2. The highest BCUT2D eigenvalue weighted by Crippen LogP contribution is 2.56. The first kappa shape index (κ1) is 17.4. The summed E-state index contributed by atoms with van der Waals surface area (Å²) in [6.45, 7) is 4.83. The topological polar surface area (TPSA) is 9.23 Å². The average Bonchev–Trinajstić information content (AvgIpc) is 2.95. The van der Waals surface area contributed by atoms with E-state index in [4.69, 9.17) is 4.74 Å². The van der Waals surface area contributed by atoms with Gasteiger partial charge in [0.05, 0.1) is 7.11 Å². The highest BCUT2D eigenvalue weighted by atomic mass is 127. The second kappa shape index (κ2) is 7.22. The van der Waals surface area contributed by atoms with E-state index in [-0.39, 0.29) is 0 Å². The van der Waals surface area contributed by atoms with E-state index in [0.29, 0.717) is 5.41 Å². The van der Waals surface area contributed by atoms with Crippen LogP contribution in [0.3, 0.4) is 0 Å². The molecule has 1 nitrogen and oxygen atoms in total. The van der Waals surface area contributed by atoms with Gasteiger partial charge in [-0.2, -0.15) is 0 Å². The first-order chi connectivity index (χ1) is 11.1. The average molecular weight is 440 g/mol. The maximum Gasteiger partial charge on any atom is 0.119 e. The van der Waals surface area contributed by atoms with Gasteiger partial charge in [0.15, 0.2) is 0 Å². The fraction of sp³-hybridized carbons (Fsp3) is 0.500. The molecule has 1 atom stereocenters. The summed E-state index contributed by atoms with van der Waals surface area (Å²) in [5.74, 6) is 0.963. The van der Waals surface area contributed by atoms with Crippen LogP contribution in [0.2, 0.25) is 0 Å². The Hall–Kier alpha value is -0.420. The van der Waals surface area contributed by atoms with E-state index in [9.17, 15) is 0 Å². The number of hydrogen-bond acceptors (Lipinski definition) is 2. The standard InChI is InChI=1S/C20H25IOS/c1-14-17(10-9-15-6-4-7-16(12-15)22-3)18-8-5-11-20(18,2)13-19(14)23-21/h4,6-7,12H,5,8-11,13H2,1-3H3. The Labute approximate surface area is 156 Å². The minimum Gasteiger partial charge on any atom is -0.497 e. The van der Waals surface area contributed by atoms with Gasteiger partial charge in [-0.3, -0.25) is 0 Å². The predicted molar refractivity (Wildman–Crippen MR) is 109 cm³/mol. The molecule has 23 heavy (non-hydrogen) atoms. The minimum atomic E-state index is 0.427. The number of hydrogen-bond donors (Lipinski definition) is 0. The molecular formula is C20H25IOS. The van der Waals surface area contributed by atoms with Gasteiger partial charge in [0.1, 0.15) is 5.75 Å². The number of halogens is 1. The third-order valence-electron chi connectivity index (χ3n) is 5.56. The molecule has 3 rings (SSSR count). The van der Waals surface area contributed by atoms with Crippen LogP contribution in [0.15, 0.2) is 45.9 Å². The van der Waals surface area contributed by atoms with E-state index in [1.807, 2.05) is 15.0 Å². The molecule has 1 unspecified atom stereocenters. The van der Waals surface area contributed by atoms with Crippen LogP contribution in [0.25, 0.3) is 0 Å². The monoisotopic (exact) mass is 440 g/mol. The van der Waals surface area contributed by atoms with Gasteiger partial charge < -0.3 is 4.74 Å². The van der Waals surface area contributed by atoms with E-state index in [1.165, 1.54) is 31.2 Å². The highest BCUT2D eigenvalue weighted by Gasteiger charge is 2.39. The van der Waals surface area contributed by atoms with E-state index < -0.39 is 0 Å². The molecule has 0 aliphatic heterocycles. The molecule has 0 spiro atoms. The maximum atomic E-state index is 5.36. The number of methoxy groups -OCH3 is 1.